The Bertz CT molecular complexity index is 1460. The van der Waals surface area contributed by atoms with E-state index in [9.17, 15) is 14.0 Å². The van der Waals surface area contributed by atoms with Crippen molar-refractivity contribution in [2.24, 2.45) is 0 Å². The second-order valence-corrected chi connectivity index (χ2v) is 9.50. The highest BCUT2D eigenvalue weighted by Gasteiger charge is 2.17. The van der Waals surface area contributed by atoms with Crippen LogP contribution in [0, 0.1) is 5.82 Å². The van der Waals surface area contributed by atoms with Gasteiger partial charge in [-0.3, -0.25) is 19.3 Å². The summed E-state index contributed by atoms with van der Waals surface area (Å²) in [5, 5.41) is 7.84. The van der Waals surface area contributed by atoms with Crippen LogP contribution in [-0.2, 0) is 19.4 Å². The number of hydrogen-bond acceptors (Lipinski definition) is 4. The zero-order valence-electron chi connectivity index (χ0n) is 20.5. The van der Waals surface area contributed by atoms with Gasteiger partial charge in [-0.25, -0.2) is 9.37 Å². The van der Waals surface area contributed by atoms with Gasteiger partial charge in [0.2, 0.25) is 0 Å². The molecule has 0 radical (unpaired) electrons. The number of aryl methyl sites for hydroxylation is 2. The Labute approximate surface area is 209 Å². The number of nitrogens with one attached hydrogen (secondary N) is 1. The van der Waals surface area contributed by atoms with Crippen LogP contribution in [-0.4, -0.2) is 44.1 Å². The van der Waals surface area contributed by atoms with Crippen LogP contribution in [0.5, 0.6) is 0 Å². The number of aromatic amines is 1. The molecular weight excluding hydrogens is 457 g/mol. The van der Waals surface area contributed by atoms with Crippen LogP contribution in [0.3, 0.4) is 0 Å². The SMILES string of the molecule is CN(CCCc1cc(-c2cccc(F)c2)n[nH]1)C(=O)c1ccc2c(=O)n3c(nc2c1)CCCCCC3. The number of carbonyl (C=O) groups is 1. The molecule has 2 aromatic heterocycles. The Balaban J connectivity index is 1.24. The van der Waals surface area contributed by atoms with E-state index in [0.717, 1.165) is 55.6 Å². The first-order chi connectivity index (χ1) is 17.5. The summed E-state index contributed by atoms with van der Waals surface area (Å²) in [5.41, 5.74) is 3.46. The molecule has 1 N–H and O–H groups in total. The highest BCUT2D eigenvalue weighted by molar-refractivity contribution is 5.97. The fourth-order valence-corrected chi connectivity index (χ4v) is 4.84. The lowest BCUT2D eigenvalue weighted by atomic mass is 10.1. The summed E-state index contributed by atoms with van der Waals surface area (Å²) in [6, 6.07) is 13.5. The Hall–Kier alpha value is -3.81. The summed E-state index contributed by atoms with van der Waals surface area (Å²) in [5.74, 6) is 0.426. The number of rotatable bonds is 6. The predicted octanol–water partition coefficient (Wildman–Crippen LogP) is 4.75. The molecule has 0 saturated heterocycles. The number of amides is 1. The van der Waals surface area contributed by atoms with Gasteiger partial charge in [0.1, 0.15) is 11.6 Å². The molecule has 7 nitrogen and oxygen atoms in total. The van der Waals surface area contributed by atoms with E-state index in [1.165, 1.54) is 12.1 Å². The molecule has 2 aromatic carbocycles. The number of benzene rings is 2. The summed E-state index contributed by atoms with van der Waals surface area (Å²) in [4.78, 5) is 32.6. The van der Waals surface area contributed by atoms with Crippen molar-refractivity contribution in [3.05, 3.63) is 81.8 Å². The molecule has 0 fully saturated rings. The summed E-state index contributed by atoms with van der Waals surface area (Å²) in [6.45, 7) is 1.27. The number of carbonyl (C=O) groups excluding carboxylic acids is 1. The van der Waals surface area contributed by atoms with Gasteiger partial charge in [0.05, 0.1) is 16.6 Å². The van der Waals surface area contributed by atoms with Crippen molar-refractivity contribution < 1.29 is 9.18 Å². The van der Waals surface area contributed by atoms with E-state index in [-0.39, 0.29) is 17.3 Å². The largest absolute Gasteiger partial charge is 0.342 e. The molecule has 0 atom stereocenters. The minimum absolute atomic E-state index is 0.0126. The number of fused-ring (bicyclic) bond motifs is 2. The molecule has 5 rings (SSSR count). The van der Waals surface area contributed by atoms with Crippen molar-refractivity contribution >= 4 is 16.8 Å². The van der Waals surface area contributed by atoms with Gasteiger partial charge in [0.15, 0.2) is 0 Å². The number of aromatic nitrogens is 4. The summed E-state index contributed by atoms with van der Waals surface area (Å²) in [6.07, 6.45) is 6.55. The monoisotopic (exact) mass is 487 g/mol. The fraction of sp³-hybridized carbons (Fsp3) is 0.357. The third kappa shape index (κ3) is 5.08. The number of halogens is 1. The van der Waals surface area contributed by atoms with Gasteiger partial charge in [0.25, 0.3) is 11.5 Å². The Morgan fingerprint density at radius 1 is 1.11 bits per heavy atom. The van der Waals surface area contributed by atoms with Crippen molar-refractivity contribution in [3.63, 3.8) is 0 Å². The smallest absolute Gasteiger partial charge is 0.261 e. The van der Waals surface area contributed by atoms with Gasteiger partial charge in [0, 0.05) is 43.4 Å². The molecular formula is C28H30FN5O2. The second-order valence-electron chi connectivity index (χ2n) is 9.50. The third-order valence-electron chi connectivity index (χ3n) is 6.85. The van der Waals surface area contributed by atoms with Crippen LogP contribution in [0.15, 0.2) is 53.3 Å². The molecule has 186 valence electrons. The van der Waals surface area contributed by atoms with Gasteiger partial charge in [-0.05, 0) is 62.1 Å². The molecule has 0 aliphatic carbocycles. The van der Waals surface area contributed by atoms with Crippen LogP contribution in [0.1, 0.15) is 54.0 Å². The lowest BCUT2D eigenvalue weighted by molar-refractivity contribution is 0.0793. The zero-order chi connectivity index (χ0) is 25.1. The first-order valence-corrected chi connectivity index (χ1v) is 12.6. The molecule has 4 aromatic rings. The minimum atomic E-state index is -0.294. The Kier molecular flexibility index (Phi) is 6.93. The Morgan fingerprint density at radius 3 is 2.83 bits per heavy atom. The van der Waals surface area contributed by atoms with E-state index in [1.54, 1.807) is 36.2 Å². The van der Waals surface area contributed by atoms with E-state index >= 15 is 0 Å². The normalized spacial score (nSPS) is 13.7. The van der Waals surface area contributed by atoms with Gasteiger partial charge < -0.3 is 4.90 Å². The molecule has 1 aliphatic rings. The average Bonchev–Trinajstić information content (AvgIpc) is 3.33. The van der Waals surface area contributed by atoms with Crippen molar-refractivity contribution in [2.75, 3.05) is 13.6 Å². The van der Waals surface area contributed by atoms with E-state index in [4.69, 9.17) is 4.98 Å². The number of H-pyrrole nitrogens is 1. The van der Waals surface area contributed by atoms with Gasteiger partial charge >= 0.3 is 0 Å². The second kappa shape index (κ2) is 10.4. The molecule has 3 heterocycles. The summed E-state index contributed by atoms with van der Waals surface area (Å²) < 4.78 is 15.3. The van der Waals surface area contributed by atoms with E-state index in [2.05, 4.69) is 10.2 Å². The lowest BCUT2D eigenvalue weighted by Gasteiger charge is -2.18. The molecule has 36 heavy (non-hydrogen) atoms. The third-order valence-corrected chi connectivity index (χ3v) is 6.85. The van der Waals surface area contributed by atoms with Crippen molar-refractivity contribution in [1.29, 1.82) is 0 Å². The maximum atomic E-state index is 13.5. The van der Waals surface area contributed by atoms with Crippen LogP contribution in [0.25, 0.3) is 22.2 Å². The van der Waals surface area contributed by atoms with Crippen LogP contribution < -0.4 is 5.56 Å². The molecule has 0 bridgehead atoms. The number of hydrogen-bond donors (Lipinski definition) is 1. The maximum absolute atomic E-state index is 13.5. The quantitative estimate of drug-likeness (QED) is 0.426. The summed E-state index contributed by atoms with van der Waals surface area (Å²) >= 11 is 0. The van der Waals surface area contributed by atoms with Crippen molar-refractivity contribution in [2.45, 2.75) is 51.5 Å². The molecule has 1 aliphatic heterocycles. The lowest BCUT2D eigenvalue weighted by Crippen LogP contribution is -2.29. The average molecular weight is 488 g/mol. The van der Waals surface area contributed by atoms with Crippen molar-refractivity contribution in [3.8, 4) is 11.3 Å². The van der Waals surface area contributed by atoms with E-state index in [1.807, 2.05) is 16.7 Å². The van der Waals surface area contributed by atoms with Crippen LogP contribution in [0.2, 0.25) is 0 Å². The zero-order valence-corrected chi connectivity index (χ0v) is 20.5. The highest BCUT2D eigenvalue weighted by Crippen LogP contribution is 2.20. The first-order valence-electron chi connectivity index (χ1n) is 12.6. The topological polar surface area (TPSA) is 83.9 Å². The van der Waals surface area contributed by atoms with Crippen molar-refractivity contribution in [1.82, 2.24) is 24.6 Å². The molecule has 0 saturated carbocycles. The van der Waals surface area contributed by atoms with E-state index < -0.39 is 0 Å². The standard InChI is InChI=1S/C28H30FN5O2/c1-33(14-7-10-22-18-24(32-31-22)19-8-6-9-21(29)16-19)27(35)20-12-13-23-25(17-20)30-26-11-4-2-3-5-15-34(26)28(23)36/h6,8-9,12-13,16-18H,2-5,7,10-11,14-15H2,1H3,(H,31,32). The van der Waals surface area contributed by atoms with Crippen LogP contribution >= 0.6 is 0 Å². The first kappa shape index (κ1) is 23.9. The van der Waals surface area contributed by atoms with Gasteiger partial charge in [-0.2, -0.15) is 5.10 Å². The molecule has 0 unspecified atom stereocenters. The number of nitrogens with zero attached hydrogens (tertiary/aromatic N) is 4. The molecule has 8 heteroatoms. The summed E-state index contributed by atoms with van der Waals surface area (Å²) in [7, 11) is 1.78. The fourth-order valence-electron chi connectivity index (χ4n) is 4.84. The van der Waals surface area contributed by atoms with E-state index in [0.29, 0.717) is 41.7 Å². The highest BCUT2D eigenvalue weighted by atomic mass is 19.1. The maximum Gasteiger partial charge on any atom is 0.261 e. The molecule has 0 spiro atoms. The van der Waals surface area contributed by atoms with Gasteiger partial charge in [-0.15, -0.1) is 0 Å². The minimum Gasteiger partial charge on any atom is -0.342 e. The van der Waals surface area contributed by atoms with Gasteiger partial charge in [-0.1, -0.05) is 25.0 Å². The molecule has 1 amide bonds. The Morgan fingerprint density at radius 2 is 1.97 bits per heavy atom. The predicted molar refractivity (Wildman–Crippen MR) is 137 cm³/mol. The van der Waals surface area contributed by atoms with Crippen LogP contribution in [0.4, 0.5) is 4.39 Å².